The number of rotatable bonds is 4. The fourth-order valence-corrected chi connectivity index (χ4v) is 2.55. The lowest BCUT2D eigenvalue weighted by Crippen LogP contribution is -2.31. The van der Waals surface area contributed by atoms with Crippen LogP contribution < -0.4 is 4.90 Å². The molecular formula is C15H14INO2. The van der Waals surface area contributed by atoms with E-state index in [1.165, 1.54) is 4.90 Å². The molecule has 0 saturated heterocycles. The highest BCUT2D eigenvalue weighted by Crippen LogP contribution is 2.22. The van der Waals surface area contributed by atoms with E-state index in [2.05, 4.69) is 22.6 Å². The quantitative estimate of drug-likeness (QED) is 0.830. The van der Waals surface area contributed by atoms with Gasteiger partial charge in [0.25, 0.3) is 0 Å². The first kappa shape index (κ1) is 13.9. The minimum atomic E-state index is -0.917. The van der Waals surface area contributed by atoms with Crippen molar-refractivity contribution in [3.05, 3.63) is 63.7 Å². The second-order valence-electron chi connectivity index (χ2n) is 4.12. The maximum absolute atomic E-state index is 11.4. The molecule has 0 aromatic heterocycles. The maximum atomic E-state index is 11.4. The van der Waals surface area contributed by atoms with Crippen molar-refractivity contribution in [1.82, 2.24) is 0 Å². The molecule has 0 aliphatic rings. The van der Waals surface area contributed by atoms with E-state index in [4.69, 9.17) is 0 Å². The molecule has 0 atom stereocenters. The molecule has 0 aliphatic carbocycles. The first-order valence-electron chi connectivity index (χ1n) is 5.97. The third-order valence-electron chi connectivity index (χ3n) is 2.84. The summed E-state index contributed by atoms with van der Waals surface area (Å²) < 4.78 is 0.940. The molecule has 3 nitrogen and oxygen atoms in total. The van der Waals surface area contributed by atoms with Gasteiger partial charge in [-0.1, -0.05) is 42.5 Å². The van der Waals surface area contributed by atoms with Crippen LogP contribution in [0.2, 0.25) is 0 Å². The Morgan fingerprint density at radius 1 is 1.05 bits per heavy atom. The summed E-state index contributed by atoms with van der Waals surface area (Å²) in [5, 5.41) is 9.35. The van der Waals surface area contributed by atoms with E-state index < -0.39 is 6.09 Å². The Bertz CT molecular complexity index is 557. The molecule has 0 radical (unpaired) electrons. The third kappa shape index (κ3) is 3.70. The molecular weight excluding hydrogens is 353 g/mol. The summed E-state index contributed by atoms with van der Waals surface area (Å²) in [4.78, 5) is 12.8. The molecule has 0 aliphatic heterocycles. The summed E-state index contributed by atoms with van der Waals surface area (Å²) in [6, 6.07) is 17.4. The van der Waals surface area contributed by atoms with Gasteiger partial charge in [0.1, 0.15) is 0 Å². The summed E-state index contributed by atoms with van der Waals surface area (Å²) in [6.07, 6.45) is -0.210. The van der Waals surface area contributed by atoms with Crippen LogP contribution in [-0.4, -0.2) is 17.7 Å². The van der Waals surface area contributed by atoms with Gasteiger partial charge < -0.3 is 5.11 Å². The zero-order valence-corrected chi connectivity index (χ0v) is 12.4. The van der Waals surface area contributed by atoms with Crippen molar-refractivity contribution >= 4 is 34.4 Å². The molecule has 1 amide bonds. The van der Waals surface area contributed by atoms with E-state index in [9.17, 15) is 9.90 Å². The fourth-order valence-electron chi connectivity index (χ4n) is 1.88. The summed E-state index contributed by atoms with van der Waals surface area (Å²) in [5.41, 5.74) is 1.88. The molecule has 0 fully saturated rings. The molecule has 0 heterocycles. The second kappa shape index (κ2) is 6.56. The van der Waals surface area contributed by atoms with Gasteiger partial charge in [-0.15, -0.1) is 0 Å². The van der Waals surface area contributed by atoms with E-state index >= 15 is 0 Å². The van der Waals surface area contributed by atoms with Crippen LogP contribution in [0.1, 0.15) is 5.56 Å². The first-order valence-corrected chi connectivity index (χ1v) is 7.05. The Morgan fingerprint density at radius 3 is 2.32 bits per heavy atom. The van der Waals surface area contributed by atoms with Crippen molar-refractivity contribution in [3.63, 3.8) is 0 Å². The number of anilines is 1. The van der Waals surface area contributed by atoms with Crippen LogP contribution >= 0.6 is 22.6 Å². The maximum Gasteiger partial charge on any atom is 0.411 e. The summed E-state index contributed by atoms with van der Waals surface area (Å²) in [7, 11) is 0. The molecule has 0 saturated carbocycles. The van der Waals surface area contributed by atoms with Gasteiger partial charge in [-0.3, -0.25) is 4.90 Å². The molecule has 19 heavy (non-hydrogen) atoms. The monoisotopic (exact) mass is 367 g/mol. The number of carboxylic acid groups (broad SMARTS) is 1. The van der Waals surface area contributed by atoms with Crippen molar-refractivity contribution in [2.75, 3.05) is 11.4 Å². The van der Waals surface area contributed by atoms with E-state index in [1.54, 1.807) is 0 Å². The predicted octanol–water partition coefficient (Wildman–Crippen LogP) is 4.02. The standard InChI is InChI=1S/C15H14INO2/c16-13-8-4-5-9-14(13)17(15(18)19)11-10-12-6-2-1-3-7-12/h1-9H,10-11H2,(H,18,19). The highest BCUT2D eigenvalue weighted by atomic mass is 127. The molecule has 1 N–H and O–H groups in total. The molecule has 0 spiro atoms. The van der Waals surface area contributed by atoms with E-state index in [1.807, 2.05) is 54.6 Å². The minimum Gasteiger partial charge on any atom is -0.465 e. The number of benzene rings is 2. The van der Waals surface area contributed by atoms with Gasteiger partial charge in [0.05, 0.1) is 5.69 Å². The van der Waals surface area contributed by atoms with Crippen molar-refractivity contribution < 1.29 is 9.90 Å². The Morgan fingerprint density at radius 2 is 1.68 bits per heavy atom. The second-order valence-corrected chi connectivity index (χ2v) is 5.28. The zero-order chi connectivity index (χ0) is 13.7. The molecule has 98 valence electrons. The SMILES string of the molecule is O=C(O)N(CCc1ccccc1)c1ccccc1I. The number of para-hydroxylation sites is 1. The summed E-state index contributed by atoms with van der Waals surface area (Å²) in [5.74, 6) is 0. The van der Waals surface area contributed by atoms with Crippen molar-refractivity contribution in [2.24, 2.45) is 0 Å². The third-order valence-corrected chi connectivity index (χ3v) is 3.75. The van der Waals surface area contributed by atoms with E-state index in [-0.39, 0.29) is 0 Å². The molecule has 0 unspecified atom stereocenters. The van der Waals surface area contributed by atoms with Gasteiger partial charge in [-0.25, -0.2) is 4.79 Å². The average Bonchev–Trinajstić information content (AvgIpc) is 2.42. The molecule has 4 heteroatoms. The van der Waals surface area contributed by atoms with Crippen LogP contribution in [0.3, 0.4) is 0 Å². The zero-order valence-electron chi connectivity index (χ0n) is 10.3. The van der Waals surface area contributed by atoms with Crippen LogP contribution in [0.4, 0.5) is 10.5 Å². The number of hydrogen-bond acceptors (Lipinski definition) is 1. The number of halogens is 1. The molecule has 0 bridgehead atoms. The number of carbonyl (C=O) groups is 1. The lowest BCUT2D eigenvalue weighted by atomic mass is 10.1. The molecule has 2 rings (SSSR count). The van der Waals surface area contributed by atoms with Gasteiger partial charge >= 0.3 is 6.09 Å². The van der Waals surface area contributed by atoms with Crippen LogP contribution in [0.15, 0.2) is 54.6 Å². The Balaban J connectivity index is 2.14. The van der Waals surface area contributed by atoms with Crippen molar-refractivity contribution in [1.29, 1.82) is 0 Å². The van der Waals surface area contributed by atoms with E-state index in [0.29, 0.717) is 13.0 Å². The average molecular weight is 367 g/mol. The predicted molar refractivity (Wildman–Crippen MR) is 84.7 cm³/mol. The Kier molecular flexibility index (Phi) is 4.79. The topological polar surface area (TPSA) is 40.5 Å². The highest BCUT2D eigenvalue weighted by molar-refractivity contribution is 14.1. The van der Waals surface area contributed by atoms with Gasteiger partial charge in [-0.2, -0.15) is 0 Å². The first-order chi connectivity index (χ1) is 9.18. The largest absolute Gasteiger partial charge is 0.465 e. The van der Waals surface area contributed by atoms with Gasteiger partial charge in [0.2, 0.25) is 0 Å². The fraction of sp³-hybridized carbons (Fsp3) is 0.133. The normalized spacial score (nSPS) is 10.2. The van der Waals surface area contributed by atoms with Gasteiger partial charge in [0.15, 0.2) is 0 Å². The summed E-state index contributed by atoms with van der Waals surface area (Å²) in [6.45, 7) is 0.458. The number of amides is 1. The summed E-state index contributed by atoms with van der Waals surface area (Å²) >= 11 is 2.16. The molecule has 2 aromatic carbocycles. The Labute approximate surface area is 126 Å². The highest BCUT2D eigenvalue weighted by Gasteiger charge is 2.16. The van der Waals surface area contributed by atoms with Crippen LogP contribution in [0, 0.1) is 3.57 Å². The Hall–Kier alpha value is -1.56. The number of hydrogen-bond donors (Lipinski definition) is 1. The van der Waals surface area contributed by atoms with Crippen LogP contribution in [0.5, 0.6) is 0 Å². The molecule has 2 aromatic rings. The van der Waals surface area contributed by atoms with Gasteiger partial charge in [0, 0.05) is 10.1 Å². The minimum absolute atomic E-state index is 0.458. The number of nitrogens with zero attached hydrogens (tertiary/aromatic N) is 1. The van der Waals surface area contributed by atoms with Crippen LogP contribution in [0.25, 0.3) is 0 Å². The van der Waals surface area contributed by atoms with Crippen molar-refractivity contribution in [2.45, 2.75) is 6.42 Å². The van der Waals surface area contributed by atoms with Crippen LogP contribution in [-0.2, 0) is 6.42 Å². The van der Waals surface area contributed by atoms with Crippen molar-refractivity contribution in [3.8, 4) is 0 Å². The smallest absolute Gasteiger partial charge is 0.411 e. The lowest BCUT2D eigenvalue weighted by Gasteiger charge is -2.20. The van der Waals surface area contributed by atoms with E-state index in [0.717, 1.165) is 14.8 Å². The van der Waals surface area contributed by atoms with Gasteiger partial charge in [-0.05, 0) is 46.7 Å². The lowest BCUT2D eigenvalue weighted by molar-refractivity contribution is 0.202.